The van der Waals surface area contributed by atoms with Crippen LogP contribution in [0.3, 0.4) is 0 Å². The quantitative estimate of drug-likeness (QED) is 0.824. The molecule has 0 saturated heterocycles. The van der Waals surface area contributed by atoms with Gasteiger partial charge in [-0.1, -0.05) is 38.1 Å². The highest BCUT2D eigenvalue weighted by molar-refractivity contribution is 5.25. The lowest BCUT2D eigenvalue weighted by atomic mass is 9.99. The van der Waals surface area contributed by atoms with E-state index in [2.05, 4.69) is 57.1 Å². The average Bonchev–Trinajstić information content (AvgIpc) is 2.26. The first-order valence-corrected chi connectivity index (χ1v) is 6.00. The molecule has 1 rings (SSSR count). The molecule has 1 aromatic carbocycles. The third-order valence-corrected chi connectivity index (χ3v) is 3.12. The van der Waals surface area contributed by atoms with Crippen LogP contribution in [0.1, 0.15) is 30.9 Å². The maximum Gasteiger partial charge on any atom is 0.0252 e. The predicted octanol–water partition coefficient (Wildman–Crippen LogP) is 2.24. The molecule has 0 aliphatic rings. The number of nitrogens with zero attached hydrogens (tertiary/aromatic N) is 1. The molecule has 1 unspecified atom stereocenters. The van der Waals surface area contributed by atoms with Gasteiger partial charge in [0.1, 0.15) is 0 Å². The fraction of sp³-hybridized carbons (Fsp3) is 0.571. The van der Waals surface area contributed by atoms with E-state index in [0.717, 1.165) is 6.42 Å². The van der Waals surface area contributed by atoms with Crippen LogP contribution in [0, 0.1) is 0 Å². The second-order valence-electron chi connectivity index (χ2n) is 4.95. The Morgan fingerprint density at radius 1 is 1.12 bits per heavy atom. The van der Waals surface area contributed by atoms with Crippen molar-refractivity contribution >= 4 is 0 Å². The van der Waals surface area contributed by atoms with Crippen LogP contribution in [0.5, 0.6) is 0 Å². The van der Waals surface area contributed by atoms with E-state index in [9.17, 15) is 0 Å². The fourth-order valence-corrected chi connectivity index (χ4v) is 1.79. The predicted molar refractivity (Wildman–Crippen MR) is 70.8 cm³/mol. The van der Waals surface area contributed by atoms with Gasteiger partial charge in [0.25, 0.3) is 0 Å². The number of nitrogens with two attached hydrogens (primary N) is 1. The van der Waals surface area contributed by atoms with E-state index < -0.39 is 0 Å². The van der Waals surface area contributed by atoms with E-state index in [1.54, 1.807) is 0 Å². The first-order chi connectivity index (χ1) is 7.54. The summed E-state index contributed by atoms with van der Waals surface area (Å²) >= 11 is 0. The van der Waals surface area contributed by atoms with Gasteiger partial charge in [0.05, 0.1) is 0 Å². The number of benzene rings is 1. The van der Waals surface area contributed by atoms with Crippen molar-refractivity contribution in [2.24, 2.45) is 5.73 Å². The SMILES string of the molecule is CC(C)c1ccc(CC(CN)N(C)C)cc1. The minimum atomic E-state index is 0.435. The zero-order valence-electron chi connectivity index (χ0n) is 10.9. The maximum absolute atomic E-state index is 5.76. The van der Waals surface area contributed by atoms with Crippen molar-refractivity contribution in [3.8, 4) is 0 Å². The lowest BCUT2D eigenvalue weighted by molar-refractivity contribution is 0.298. The third kappa shape index (κ3) is 3.62. The Labute approximate surface area is 99.5 Å². The van der Waals surface area contributed by atoms with Gasteiger partial charge < -0.3 is 10.6 Å². The van der Waals surface area contributed by atoms with Crippen molar-refractivity contribution in [1.82, 2.24) is 4.90 Å². The van der Waals surface area contributed by atoms with Gasteiger partial charge in [0, 0.05) is 12.6 Å². The summed E-state index contributed by atoms with van der Waals surface area (Å²) in [7, 11) is 4.17. The second-order valence-corrected chi connectivity index (χ2v) is 4.95. The van der Waals surface area contributed by atoms with Gasteiger partial charge in [-0.3, -0.25) is 0 Å². The Kier molecular flexibility index (Phi) is 4.97. The standard InChI is InChI=1S/C14H24N2/c1-11(2)13-7-5-12(6-8-13)9-14(10-15)16(3)4/h5-8,11,14H,9-10,15H2,1-4H3. The van der Waals surface area contributed by atoms with Crippen molar-refractivity contribution < 1.29 is 0 Å². The summed E-state index contributed by atoms with van der Waals surface area (Å²) in [5.74, 6) is 0.605. The van der Waals surface area contributed by atoms with Crippen LogP contribution in [-0.2, 0) is 6.42 Å². The molecule has 0 amide bonds. The molecule has 1 aromatic rings. The zero-order chi connectivity index (χ0) is 12.1. The molecule has 16 heavy (non-hydrogen) atoms. The van der Waals surface area contributed by atoms with Crippen LogP contribution < -0.4 is 5.73 Å². The second kappa shape index (κ2) is 6.02. The van der Waals surface area contributed by atoms with Crippen molar-refractivity contribution in [3.63, 3.8) is 0 Å². The molecule has 0 bridgehead atoms. The van der Waals surface area contributed by atoms with Crippen LogP contribution in [0.4, 0.5) is 0 Å². The van der Waals surface area contributed by atoms with Gasteiger partial charge in [0.2, 0.25) is 0 Å². The first kappa shape index (κ1) is 13.2. The van der Waals surface area contributed by atoms with Crippen LogP contribution in [-0.4, -0.2) is 31.6 Å². The zero-order valence-corrected chi connectivity index (χ0v) is 10.9. The van der Waals surface area contributed by atoms with Gasteiger partial charge >= 0.3 is 0 Å². The Morgan fingerprint density at radius 3 is 2.06 bits per heavy atom. The largest absolute Gasteiger partial charge is 0.329 e. The molecule has 0 saturated carbocycles. The Balaban J connectivity index is 2.67. The molecular weight excluding hydrogens is 196 g/mol. The molecule has 0 aliphatic heterocycles. The molecule has 2 nitrogen and oxygen atoms in total. The molecule has 2 N–H and O–H groups in total. The molecule has 90 valence electrons. The van der Waals surface area contributed by atoms with Gasteiger partial charge in [-0.05, 0) is 37.6 Å². The summed E-state index contributed by atoms with van der Waals surface area (Å²) in [5.41, 5.74) is 8.53. The molecule has 0 radical (unpaired) electrons. The highest BCUT2D eigenvalue weighted by Crippen LogP contribution is 2.15. The van der Waals surface area contributed by atoms with Crippen molar-refractivity contribution in [3.05, 3.63) is 35.4 Å². The van der Waals surface area contributed by atoms with Crippen LogP contribution >= 0.6 is 0 Å². The van der Waals surface area contributed by atoms with Crippen LogP contribution in [0.25, 0.3) is 0 Å². The van der Waals surface area contributed by atoms with Gasteiger partial charge in [-0.25, -0.2) is 0 Å². The first-order valence-electron chi connectivity index (χ1n) is 6.00. The minimum absolute atomic E-state index is 0.435. The number of hydrogen-bond donors (Lipinski definition) is 1. The van der Waals surface area contributed by atoms with E-state index in [-0.39, 0.29) is 0 Å². The lowest BCUT2D eigenvalue weighted by Crippen LogP contribution is -2.36. The monoisotopic (exact) mass is 220 g/mol. The van der Waals surface area contributed by atoms with E-state index in [0.29, 0.717) is 18.5 Å². The van der Waals surface area contributed by atoms with Gasteiger partial charge in [-0.2, -0.15) is 0 Å². The molecule has 0 spiro atoms. The van der Waals surface area contributed by atoms with E-state index in [4.69, 9.17) is 5.73 Å². The maximum atomic E-state index is 5.76. The summed E-state index contributed by atoms with van der Waals surface area (Å²) in [6.45, 7) is 5.15. The number of hydrogen-bond acceptors (Lipinski definition) is 2. The van der Waals surface area contributed by atoms with E-state index in [1.807, 2.05) is 0 Å². The molecule has 0 heterocycles. The molecule has 1 atom stereocenters. The average molecular weight is 220 g/mol. The molecule has 0 aromatic heterocycles. The summed E-state index contributed by atoms with van der Waals surface area (Å²) in [5, 5.41) is 0. The molecule has 0 aliphatic carbocycles. The number of rotatable bonds is 5. The minimum Gasteiger partial charge on any atom is -0.329 e. The normalized spacial score (nSPS) is 13.4. The van der Waals surface area contributed by atoms with Crippen molar-refractivity contribution in [2.75, 3.05) is 20.6 Å². The van der Waals surface area contributed by atoms with Crippen LogP contribution in [0.15, 0.2) is 24.3 Å². The fourth-order valence-electron chi connectivity index (χ4n) is 1.79. The van der Waals surface area contributed by atoms with E-state index in [1.165, 1.54) is 11.1 Å². The highest BCUT2D eigenvalue weighted by Gasteiger charge is 2.09. The summed E-state index contributed by atoms with van der Waals surface area (Å²) in [4.78, 5) is 2.19. The van der Waals surface area contributed by atoms with Crippen molar-refractivity contribution in [2.45, 2.75) is 32.2 Å². The topological polar surface area (TPSA) is 29.3 Å². The Morgan fingerprint density at radius 2 is 1.69 bits per heavy atom. The van der Waals surface area contributed by atoms with Gasteiger partial charge in [-0.15, -0.1) is 0 Å². The van der Waals surface area contributed by atoms with Crippen molar-refractivity contribution in [1.29, 1.82) is 0 Å². The number of likely N-dealkylation sites (N-methyl/N-ethyl adjacent to an activating group) is 1. The molecule has 2 heteroatoms. The third-order valence-electron chi connectivity index (χ3n) is 3.12. The van der Waals surface area contributed by atoms with Crippen LogP contribution in [0.2, 0.25) is 0 Å². The van der Waals surface area contributed by atoms with Gasteiger partial charge in [0.15, 0.2) is 0 Å². The Hall–Kier alpha value is -0.860. The summed E-state index contributed by atoms with van der Waals surface area (Å²) in [6.07, 6.45) is 1.03. The van der Waals surface area contributed by atoms with E-state index >= 15 is 0 Å². The smallest absolute Gasteiger partial charge is 0.0252 e. The highest BCUT2D eigenvalue weighted by atomic mass is 15.1. The molecule has 0 fully saturated rings. The lowest BCUT2D eigenvalue weighted by Gasteiger charge is -2.22. The summed E-state index contributed by atoms with van der Waals surface area (Å²) < 4.78 is 0. The Bertz CT molecular complexity index is 301. The molecular formula is C14H24N2. The summed E-state index contributed by atoms with van der Waals surface area (Å²) in [6, 6.07) is 9.33.